The molecule has 0 fully saturated rings. The van der Waals surface area contributed by atoms with E-state index in [1.54, 1.807) is 13.8 Å². The summed E-state index contributed by atoms with van der Waals surface area (Å²) in [6.45, 7) is 3.30. The van der Waals surface area contributed by atoms with E-state index < -0.39 is 21.5 Å². The van der Waals surface area contributed by atoms with Gasteiger partial charge in [-0.15, -0.1) is 0 Å². The van der Waals surface area contributed by atoms with Gasteiger partial charge in [-0.3, -0.25) is 4.79 Å². The number of hydrogen-bond acceptors (Lipinski definition) is 3. The maximum Gasteiger partial charge on any atom is 0.152 e. The SMILES string of the molecule is CC(C)S(=O)(=O)CCCCCC(=O)Cc1cc(F)cc(F)c1. The molecule has 0 saturated heterocycles. The van der Waals surface area contributed by atoms with Crippen LogP contribution in [-0.2, 0) is 21.1 Å². The van der Waals surface area contributed by atoms with Gasteiger partial charge in [-0.2, -0.15) is 0 Å². The van der Waals surface area contributed by atoms with E-state index >= 15 is 0 Å². The van der Waals surface area contributed by atoms with Gasteiger partial charge in [0.1, 0.15) is 17.4 Å². The van der Waals surface area contributed by atoms with Crippen molar-refractivity contribution in [3.8, 4) is 0 Å². The number of rotatable bonds is 9. The summed E-state index contributed by atoms with van der Waals surface area (Å²) < 4.78 is 49.2. The van der Waals surface area contributed by atoms with Crippen molar-refractivity contribution in [3.05, 3.63) is 35.4 Å². The molecule has 0 amide bonds. The molecule has 124 valence electrons. The van der Waals surface area contributed by atoms with E-state index in [2.05, 4.69) is 0 Å². The quantitative estimate of drug-likeness (QED) is 0.651. The highest BCUT2D eigenvalue weighted by Crippen LogP contribution is 2.12. The van der Waals surface area contributed by atoms with Crippen LogP contribution in [0, 0.1) is 11.6 Å². The number of sulfone groups is 1. The second kappa shape index (κ2) is 8.36. The Bertz CT molecular complexity index is 590. The van der Waals surface area contributed by atoms with Gasteiger partial charge in [0.05, 0.1) is 11.0 Å². The van der Waals surface area contributed by atoms with Gasteiger partial charge in [-0.25, -0.2) is 17.2 Å². The zero-order valence-electron chi connectivity index (χ0n) is 12.9. The van der Waals surface area contributed by atoms with Crippen LogP contribution < -0.4 is 0 Å². The minimum absolute atomic E-state index is 0.00102. The highest BCUT2D eigenvalue weighted by Gasteiger charge is 2.15. The van der Waals surface area contributed by atoms with Gasteiger partial charge in [-0.1, -0.05) is 6.42 Å². The molecule has 0 unspecified atom stereocenters. The molecule has 0 aromatic heterocycles. The van der Waals surface area contributed by atoms with E-state index in [9.17, 15) is 22.0 Å². The number of Topliss-reactive ketones (excluding diaryl/α,β-unsaturated/α-hetero) is 1. The van der Waals surface area contributed by atoms with E-state index in [1.807, 2.05) is 0 Å². The van der Waals surface area contributed by atoms with E-state index in [0.29, 0.717) is 31.2 Å². The lowest BCUT2D eigenvalue weighted by Gasteiger charge is -2.07. The molecule has 0 aliphatic heterocycles. The van der Waals surface area contributed by atoms with Gasteiger partial charge in [0.15, 0.2) is 9.84 Å². The topological polar surface area (TPSA) is 51.2 Å². The molecule has 0 saturated carbocycles. The summed E-state index contributed by atoms with van der Waals surface area (Å²) in [6.07, 6.45) is 2.06. The van der Waals surface area contributed by atoms with Crippen LogP contribution in [0.5, 0.6) is 0 Å². The van der Waals surface area contributed by atoms with Crippen LogP contribution in [0.4, 0.5) is 8.78 Å². The second-order valence-corrected chi connectivity index (χ2v) is 8.40. The van der Waals surface area contributed by atoms with Gasteiger partial charge in [-0.05, 0) is 44.4 Å². The highest BCUT2D eigenvalue weighted by molar-refractivity contribution is 7.91. The molecule has 3 nitrogen and oxygen atoms in total. The van der Waals surface area contributed by atoms with Crippen molar-refractivity contribution >= 4 is 15.6 Å². The van der Waals surface area contributed by atoms with Gasteiger partial charge in [0.2, 0.25) is 0 Å². The fraction of sp³-hybridized carbons (Fsp3) is 0.562. The summed E-state index contributed by atoms with van der Waals surface area (Å²) in [4.78, 5) is 11.7. The van der Waals surface area contributed by atoms with Crippen molar-refractivity contribution in [3.63, 3.8) is 0 Å². The Morgan fingerprint density at radius 3 is 2.18 bits per heavy atom. The van der Waals surface area contributed by atoms with Crippen molar-refractivity contribution in [2.45, 2.75) is 51.2 Å². The van der Waals surface area contributed by atoms with E-state index in [4.69, 9.17) is 0 Å². The number of benzene rings is 1. The maximum atomic E-state index is 13.0. The van der Waals surface area contributed by atoms with Crippen LogP contribution in [0.1, 0.15) is 45.1 Å². The monoisotopic (exact) mass is 332 g/mol. The molecule has 0 heterocycles. The smallest absolute Gasteiger partial charge is 0.152 e. The summed E-state index contributed by atoms with van der Waals surface area (Å²) in [5, 5.41) is -0.378. The Morgan fingerprint density at radius 1 is 1.05 bits per heavy atom. The fourth-order valence-corrected chi connectivity index (χ4v) is 3.14. The van der Waals surface area contributed by atoms with Crippen molar-refractivity contribution in [1.29, 1.82) is 0 Å². The number of unbranched alkanes of at least 4 members (excludes halogenated alkanes) is 2. The fourth-order valence-electron chi connectivity index (χ4n) is 2.07. The first kappa shape index (κ1) is 18.7. The van der Waals surface area contributed by atoms with Gasteiger partial charge < -0.3 is 0 Å². The third-order valence-electron chi connectivity index (χ3n) is 3.43. The molecule has 1 aromatic rings. The Labute approximate surface area is 130 Å². The van der Waals surface area contributed by atoms with Gasteiger partial charge in [0.25, 0.3) is 0 Å². The molecule has 6 heteroatoms. The van der Waals surface area contributed by atoms with E-state index in [0.717, 1.165) is 18.2 Å². The van der Waals surface area contributed by atoms with Crippen LogP contribution >= 0.6 is 0 Å². The van der Waals surface area contributed by atoms with Crippen molar-refractivity contribution < 1.29 is 22.0 Å². The van der Waals surface area contributed by atoms with E-state index in [1.165, 1.54) is 0 Å². The minimum Gasteiger partial charge on any atom is -0.299 e. The third kappa shape index (κ3) is 6.64. The maximum absolute atomic E-state index is 13.0. The third-order valence-corrected chi connectivity index (χ3v) is 5.72. The lowest BCUT2D eigenvalue weighted by atomic mass is 10.0. The standard InChI is InChI=1S/C16H22F2O3S/c1-12(2)22(20,21)7-5-3-4-6-16(19)10-13-8-14(17)11-15(18)9-13/h8-9,11-12H,3-7,10H2,1-2H3. The molecule has 0 bridgehead atoms. The van der Waals surface area contributed by atoms with E-state index in [-0.39, 0.29) is 23.2 Å². The van der Waals surface area contributed by atoms with Crippen molar-refractivity contribution in [2.24, 2.45) is 0 Å². The normalized spacial score (nSPS) is 11.9. The lowest BCUT2D eigenvalue weighted by molar-refractivity contribution is -0.118. The first-order chi connectivity index (χ1) is 10.2. The summed E-state index contributed by atoms with van der Waals surface area (Å²) in [5.74, 6) is -1.35. The molecule has 0 radical (unpaired) electrons. The Morgan fingerprint density at radius 2 is 1.64 bits per heavy atom. The summed E-state index contributed by atoms with van der Waals surface area (Å²) in [7, 11) is -3.03. The average Bonchev–Trinajstić information content (AvgIpc) is 2.36. The Hall–Kier alpha value is -1.30. The number of ketones is 1. The summed E-state index contributed by atoms with van der Waals surface area (Å²) >= 11 is 0. The largest absolute Gasteiger partial charge is 0.299 e. The Balaban J connectivity index is 2.29. The summed E-state index contributed by atoms with van der Waals surface area (Å²) in [5.41, 5.74) is 0.324. The van der Waals surface area contributed by atoms with Crippen molar-refractivity contribution in [2.75, 3.05) is 5.75 Å². The van der Waals surface area contributed by atoms with Crippen LogP contribution in [0.3, 0.4) is 0 Å². The molecule has 0 aliphatic rings. The van der Waals surface area contributed by atoms with Gasteiger partial charge in [0, 0.05) is 18.9 Å². The number of hydrogen-bond donors (Lipinski definition) is 0. The first-order valence-corrected chi connectivity index (χ1v) is 9.10. The summed E-state index contributed by atoms with van der Waals surface area (Å²) in [6, 6.07) is 3.07. The average molecular weight is 332 g/mol. The van der Waals surface area contributed by atoms with Crippen LogP contribution in [0.2, 0.25) is 0 Å². The lowest BCUT2D eigenvalue weighted by Crippen LogP contribution is -2.17. The molecule has 1 aromatic carbocycles. The Kier molecular flexibility index (Phi) is 7.13. The predicted octanol–water partition coefficient (Wildman–Crippen LogP) is 3.46. The molecule has 0 spiro atoms. The molecule has 1 rings (SSSR count). The predicted molar refractivity (Wildman–Crippen MR) is 82.5 cm³/mol. The van der Waals surface area contributed by atoms with Gasteiger partial charge >= 0.3 is 0 Å². The molecule has 0 aliphatic carbocycles. The molecular formula is C16H22F2O3S. The van der Waals surface area contributed by atoms with Crippen LogP contribution in [-0.4, -0.2) is 25.2 Å². The number of halogens is 2. The highest BCUT2D eigenvalue weighted by atomic mass is 32.2. The molecular weight excluding hydrogens is 310 g/mol. The molecule has 22 heavy (non-hydrogen) atoms. The molecule has 0 atom stereocenters. The first-order valence-electron chi connectivity index (χ1n) is 7.39. The zero-order valence-corrected chi connectivity index (χ0v) is 13.8. The number of carbonyl (C=O) groups excluding carboxylic acids is 1. The zero-order chi connectivity index (χ0) is 16.8. The second-order valence-electron chi connectivity index (χ2n) is 5.72. The van der Waals surface area contributed by atoms with Crippen molar-refractivity contribution in [1.82, 2.24) is 0 Å². The minimum atomic E-state index is -3.03. The molecule has 0 N–H and O–H groups in total. The van der Waals surface area contributed by atoms with Crippen LogP contribution in [0.15, 0.2) is 18.2 Å². The van der Waals surface area contributed by atoms with Crippen LogP contribution in [0.25, 0.3) is 0 Å². The number of carbonyl (C=O) groups is 1.